The predicted octanol–water partition coefficient (Wildman–Crippen LogP) is 4.27. The molecule has 1 amide bonds. The lowest BCUT2D eigenvalue weighted by Crippen LogP contribution is -2.57. The first-order chi connectivity index (χ1) is 12.8. The summed E-state index contributed by atoms with van der Waals surface area (Å²) in [4.78, 5) is 12.5. The second kappa shape index (κ2) is 8.11. The van der Waals surface area contributed by atoms with Crippen LogP contribution in [0.2, 0.25) is 0 Å². The highest BCUT2D eigenvalue weighted by Crippen LogP contribution is 2.41. The van der Waals surface area contributed by atoms with Crippen LogP contribution in [0.5, 0.6) is 5.75 Å². The van der Waals surface area contributed by atoms with Gasteiger partial charge in [0.15, 0.2) is 6.61 Å². The first-order valence-corrected chi connectivity index (χ1v) is 9.24. The molecule has 0 spiro atoms. The SMILES string of the molecule is Cc1cc(C)c(OCC(=O)N2N=C(CCC(C)C)C[C@@]2(O)C(F)(F)F)c(C)c1. The average Bonchev–Trinajstić information content (AvgIpc) is 2.90. The Morgan fingerprint density at radius 1 is 1.29 bits per heavy atom. The molecule has 0 saturated carbocycles. The molecule has 0 radical (unpaired) electrons. The van der Waals surface area contributed by atoms with Crippen LogP contribution in [0, 0.1) is 26.7 Å². The van der Waals surface area contributed by atoms with Crippen LogP contribution < -0.4 is 4.74 Å². The standard InChI is InChI=1S/C20H27F3N2O3/c1-12(2)6-7-16-10-19(27,20(21,22)23)25(24-16)17(26)11-28-18-14(4)8-13(3)9-15(18)5/h8-9,12,27H,6-7,10-11H2,1-5H3/t19-/m1/s1. The number of alkyl halides is 3. The number of hydrogen-bond donors (Lipinski definition) is 1. The number of amides is 1. The Hall–Kier alpha value is -2.09. The highest BCUT2D eigenvalue weighted by Gasteiger charge is 2.63. The van der Waals surface area contributed by atoms with Crippen LogP contribution in [0.3, 0.4) is 0 Å². The lowest BCUT2D eigenvalue weighted by Gasteiger charge is -2.32. The molecule has 0 saturated heterocycles. The Kier molecular flexibility index (Phi) is 6.43. The van der Waals surface area contributed by atoms with Gasteiger partial charge in [-0.3, -0.25) is 4.79 Å². The molecule has 1 aromatic carbocycles. The highest BCUT2D eigenvalue weighted by molar-refractivity contribution is 5.91. The molecule has 1 aromatic rings. The van der Waals surface area contributed by atoms with E-state index in [9.17, 15) is 23.1 Å². The fraction of sp³-hybridized carbons (Fsp3) is 0.600. The maximum atomic E-state index is 13.5. The lowest BCUT2D eigenvalue weighted by atomic mass is 9.99. The number of hydrazone groups is 1. The van der Waals surface area contributed by atoms with Crippen molar-refractivity contribution in [2.45, 2.75) is 65.8 Å². The number of halogens is 3. The van der Waals surface area contributed by atoms with E-state index >= 15 is 0 Å². The molecule has 0 bridgehead atoms. The quantitative estimate of drug-likeness (QED) is 0.776. The monoisotopic (exact) mass is 400 g/mol. The van der Waals surface area contributed by atoms with E-state index in [1.165, 1.54) is 0 Å². The molecule has 1 heterocycles. The maximum Gasteiger partial charge on any atom is 0.438 e. The van der Waals surface area contributed by atoms with Crippen LogP contribution >= 0.6 is 0 Å². The summed E-state index contributed by atoms with van der Waals surface area (Å²) in [6.45, 7) is 8.73. The summed E-state index contributed by atoms with van der Waals surface area (Å²) in [5.74, 6) is -0.335. The number of nitrogens with zero attached hydrogens (tertiary/aromatic N) is 2. The maximum absolute atomic E-state index is 13.5. The molecule has 8 heteroatoms. The van der Waals surface area contributed by atoms with Gasteiger partial charge >= 0.3 is 6.18 Å². The van der Waals surface area contributed by atoms with Crippen LogP contribution in [0.25, 0.3) is 0 Å². The molecule has 1 aliphatic heterocycles. The fourth-order valence-corrected chi connectivity index (χ4v) is 3.28. The largest absolute Gasteiger partial charge is 0.483 e. The lowest BCUT2D eigenvalue weighted by molar-refractivity contribution is -0.302. The normalized spacial score (nSPS) is 19.9. The topological polar surface area (TPSA) is 62.1 Å². The first-order valence-electron chi connectivity index (χ1n) is 9.24. The highest BCUT2D eigenvalue weighted by atomic mass is 19.4. The minimum Gasteiger partial charge on any atom is -0.483 e. The summed E-state index contributed by atoms with van der Waals surface area (Å²) in [6.07, 6.45) is -4.86. The molecule has 1 N–H and O–H groups in total. The van der Waals surface area contributed by atoms with Gasteiger partial charge in [-0.05, 0) is 50.7 Å². The predicted molar refractivity (Wildman–Crippen MR) is 100 cm³/mol. The summed E-state index contributed by atoms with van der Waals surface area (Å²) >= 11 is 0. The summed E-state index contributed by atoms with van der Waals surface area (Å²) in [5.41, 5.74) is -0.613. The molecule has 0 unspecified atom stereocenters. The van der Waals surface area contributed by atoms with Gasteiger partial charge in [-0.1, -0.05) is 31.5 Å². The zero-order chi connectivity index (χ0) is 21.3. The molecule has 5 nitrogen and oxygen atoms in total. The Morgan fingerprint density at radius 2 is 1.86 bits per heavy atom. The molecule has 0 aliphatic carbocycles. The molecule has 0 aromatic heterocycles. The smallest absolute Gasteiger partial charge is 0.438 e. The molecule has 156 valence electrons. The molecule has 1 aliphatic rings. The van der Waals surface area contributed by atoms with Gasteiger partial charge in [0.25, 0.3) is 11.6 Å². The third-order valence-corrected chi connectivity index (χ3v) is 4.69. The summed E-state index contributed by atoms with van der Waals surface area (Å²) in [6, 6.07) is 3.72. The Bertz CT molecular complexity index is 751. The van der Waals surface area contributed by atoms with Crippen molar-refractivity contribution in [1.29, 1.82) is 0 Å². The van der Waals surface area contributed by atoms with E-state index in [0.717, 1.165) is 16.7 Å². The van der Waals surface area contributed by atoms with E-state index in [1.54, 1.807) is 13.8 Å². The Morgan fingerprint density at radius 3 is 2.36 bits per heavy atom. The minimum atomic E-state index is -5.03. The summed E-state index contributed by atoms with van der Waals surface area (Å²) in [5, 5.41) is 14.2. The first kappa shape index (κ1) is 22.2. The van der Waals surface area contributed by atoms with Crippen LogP contribution in [0.15, 0.2) is 17.2 Å². The van der Waals surface area contributed by atoms with E-state index in [4.69, 9.17) is 4.74 Å². The minimum absolute atomic E-state index is 0.140. The number of hydrogen-bond acceptors (Lipinski definition) is 4. The van der Waals surface area contributed by atoms with E-state index < -0.39 is 30.8 Å². The fourth-order valence-electron chi connectivity index (χ4n) is 3.28. The number of carbonyl (C=O) groups is 1. The van der Waals surface area contributed by atoms with Crippen molar-refractivity contribution in [3.8, 4) is 5.75 Å². The second-order valence-corrected chi connectivity index (χ2v) is 7.81. The number of benzene rings is 1. The van der Waals surface area contributed by atoms with Crippen molar-refractivity contribution in [2.24, 2.45) is 11.0 Å². The average molecular weight is 400 g/mol. The Balaban J connectivity index is 2.20. The van der Waals surface area contributed by atoms with Crippen molar-refractivity contribution in [2.75, 3.05) is 6.61 Å². The zero-order valence-electron chi connectivity index (χ0n) is 16.9. The third-order valence-electron chi connectivity index (χ3n) is 4.69. The third kappa shape index (κ3) is 4.66. The van der Waals surface area contributed by atoms with Gasteiger partial charge in [-0.25, -0.2) is 0 Å². The Labute approximate surface area is 163 Å². The molecule has 28 heavy (non-hydrogen) atoms. The van der Waals surface area contributed by atoms with Gasteiger partial charge in [-0.15, -0.1) is 0 Å². The van der Waals surface area contributed by atoms with E-state index in [1.807, 2.05) is 32.9 Å². The van der Waals surface area contributed by atoms with Crippen LogP contribution in [-0.2, 0) is 4.79 Å². The molecular formula is C20H27F3N2O3. The van der Waals surface area contributed by atoms with E-state index in [2.05, 4.69) is 5.10 Å². The van der Waals surface area contributed by atoms with Gasteiger partial charge in [-0.2, -0.15) is 23.3 Å². The van der Waals surface area contributed by atoms with Crippen LogP contribution in [0.4, 0.5) is 13.2 Å². The summed E-state index contributed by atoms with van der Waals surface area (Å²) in [7, 11) is 0. The molecular weight excluding hydrogens is 373 g/mol. The van der Waals surface area contributed by atoms with Crippen molar-refractivity contribution >= 4 is 11.6 Å². The number of aliphatic hydroxyl groups is 1. The van der Waals surface area contributed by atoms with Gasteiger partial charge in [0.1, 0.15) is 5.75 Å². The zero-order valence-corrected chi connectivity index (χ0v) is 16.9. The van der Waals surface area contributed by atoms with Crippen molar-refractivity contribution in [1.82, 2.24) is 5.01 Å². The number of rotatable bonds is 6. The van der Waals surface area contributed by atoms with E-state index in [0.29, 0.717) is 12.2 Å². The molecule has 0 fully saturated rings. The number of aryl methyl sites for hydroxylation is 3. The number of ether oxygens (including phenoxy) is 1. The van der Waals surface area contributed by atoms with Crippen LogP contribution in [-0.4, -0.2) is 40.2 Å². The van der Waals surface area contributed by atoms with Crippen molar-refractivity contribution in [3.05, 3.63) is 28.8 Å². The van der Waals surface area contributed by atoms with E-state index in [-0.39, 0.29) is 23.1 Å². The van der Waals surface area contributed by atoms with Gasteiger partial charge in [0, 0.05) is 12.1 Å². The van der Waals surface area contributed by atoms with Crippen molar-refractivity contribution < 1.29 is 27.8 Å². The van der Waals surface area contributed by atoms with Gasteiger partial charge in [0.2, 0.25) is 0 Å². The number of carbonyl (C=O) groups excluding carboxylic acids is 1. The van der Waals surface area contributed by atoms with Gasteiger partial charge in [0.05, 0.1) is 0 Å². The van der Waals surface area contributed by atoms with Gasteiger partial charge < -0.3 is 9.84 Å². The van der Waals surface area contributed by atoms with Crippen LogP contribution in [0.1, 0.15) is 49.8 Å². The van der Waals surface area contributed by atoms with Crippen molar-refractivity contribution in [3.63, 3.8) is 0 Å². The molecule has 1 atom stereocenters. The second-order valence-electron chi connectivity index (χ2n) is 7.81. The molecule has 2 rings (SSSR count). The summed E-state index contributed by atoms with van der Waals surface area (Å²) < 4.78 is 46.0.